The van der Waals surface area contributed by atoms with E-state index in [4.69, 9.17) is 11.6 Å². The number of hydrogen-bond acceptors (Lipinski definition) is 2. The third kappa shape index (κ3) is 4.35. The zero-order valence-corrected chi connectivity index (χ0v) is 15.5. The number of alkyl halides is 3. The van der Waals surface area contributed by atoms with Crippen molar-refractivity contribution in [1.82, 2.24) is 4.98 Å². The van der Waals surface area contributed by atoms with Crippen LogP contribution in [0.15, 0.2) is 47.5 Å². The Morgan fingerprint density at radius 3 is 2.28 bits per heavy atom. The third-order valence-electron chi connectivity index (χ3n) is 3.79. The summed E-state index contributed by atoms with van der Waals surface area (Å²) in [6, 6.07) is 4.50. The molecule has 1 heterocycles. The first-order valence-corrected chi connectivity index (χ1v) is 9.47. The lowest BCUT2D eigenvalue weighted by molar-refractivity contribution is -0.140. The minimum Gasteiger partial charge on any atom is -0.360 e. The first-order valence-electron chi connectivity index (χ1n) is 7.61. The Morgan fingerprint density at radius 2 is 1.62 bits per heavy atom. The number of hydrogen-bond donors (Lipinski definition) is 2. The summed E-state index contributed by atoms with van der Waals surface area (Å²) < 4.78 is 106. The van der Waals surface area contributed by atoms with Gasteiger partial charge in [-0.1, -0.05) is 11.6 Å². The smallest absolute Gasteiger partial charge is 0.360 e. The van der Waals surface area contributed by atoms with Crippen molar-refractivity contribution in [1.29, 1.82) is 0 Å². The lowest BCUT2D eigenvalue weighted by Crippen LogP contribution is -2.15. The molecule has 154 valence electrons. The van der Waals surface area contributed by atoms with Crippen LogP contribution in [0.4, 0.5) is 32.0 Å². The van der Waals surface area contributed by atoms with Gasteiger partial charge >= 0.3 is 6.18 Å². The normalized spacial score (nSPS) is 12.2. The summed E-state index contributed by atoms with van der Waals surface area (Å²) in [5.41, 5.74) is -2.93. The number of aromatic nitrogens is 1. The molecule has 0 aliphatic rings. The van der Waals surface area contributed by atoms with E-state index >= 15 is 0 Å². The van der Waals surface area contributed by atoms with Crippen molar-refractivity contribution in [3.63, 3.8) is 0 Å². The van der Waals surface area contributed by atoms with Crippen molar-refractivity contribution in [3.05, 3.63) is 70.6 Å². The van der Waals surface area contributed by atoms with E-state index in [0.717, 1.165) is 18.3 Å². The standard InChI is InChI=1S/C17H9ClF6N2O2S/c18-8-1-2-12(19)10(3-8)15-4-9(7-25-15)29(27,28)26-16-6-13(20)11(5-14(16)21)17(22,23)24/h1-7,25-26H. The second-order valence-corrected chi connectivity index (χ2v) is 7.91. The first-order chi connectivity index (χ1) is 13.4. The van der Waals surface area contributed by atoms with E-state index in [9.17, 15) is 34.8 Å². The molecule has 0 fully saturated rings. The van der Waals surface area contributed by atoms with Crippen LogP contribution < -0.4 is 4.72 Å². The summed E-state index contributed by atoms with van der Waals surface area (Å²) >= 11 is 5.78. The van der Waals surface area contributed by atoms with Gasteiger partial charge in [0.05, 0.1) is 11.3 Å². The van der Waals surface area contributed by atoms with Crippen molar-refractivity contribution >= 4 is 27.3 Å². The number of aromatic amines is 1. The monoisotopic (exact) mass is 454 g/mol. The summed E-state index contributed by atoms with van der Waals surface area (Å²) in [6.07, 6.45) is -4.21. The van der Waals surface area contributed by atoms with Gasteiger partial charge in [-0.15, -0.1) is 0 Å². The number of nitrogens with one attached hydrogen (secondary N) is 2. The fourth-order valence-electron chi connectivity index (χ4n) is 2.43. The van der Waals surface area contributed by atoms with Gasteiger partial charge in [-0.25, -0.2) is 21.6 Å². The molecule has 0 unspecified atom stereocenters. The number of halogens is 7. The van der Waals surface area contributed by atoms with Crippen LogP contribution in [-0.2, 0) is 16.2 Å². The third-order valence-corrected chi connectivity index (χ3v) is 5.37. The van der Waals surface area contributed by atoms with Gasteiger partial charge in [0.1, 0.15) is 22.3 Å². The van der Waals surface area contributed by atoms with Gasteiger partial charge in [0.15, 0.2) is 0 Å². The van der Waals surface area contributed by atoms with Crippen LogP contribution in [0.5, 0.6) is 0 Å². The van der Waals surface area contributed by atoms with Crippen LogP contribution in [0.1, 0.15) is 5.56 Å². The van der Waals surface area contributed by atoms with Crippen LogP contribution >= 0.6 is 11.6 Å². The van der Waals surface area contributed by atoms with E-state index in [1.807, 2.05) is 0 Å². The molecule has 3 rings (SSSR count). The molecule has 0 saturated heterocycles. The second-order valence-electron chi connectivity index (χ2n) is 5.79. The van der Waals surface area contributed by atoms with Gasteiger partial charge in [-0.3, -0.25) is 4.72 Å². The van der Waals surface area contributed by atoms with E-state index in [1.165, 1.54) is 12.1 Å². The lowest BCUT2D eigenvalue weighted by atomic mass is 10.1. The van der Waals surface area contributed by atoms with Gasteiger partial charge in [0, 0.05) is 28.5 Å². The number of benzene rings is 2. The first kappa shape index (κ1) is 21.1. The predicted molar refractivity (Wildman–Crippen MR) is 93.4 cm³/mol. The Bertz CT molecular complexity index is 1190. The highest BCUT2D eigenvalue weighted by Gasteiger charge is 2.35. The maximum atomic E-state index is 13.9. The molecule has 0 bridgehead atoms. The topological polar surface area (TPSA) is 62.0 Å². The molecule has 2 aromatic carbocycles. The van der Waals surface area contributed by atoms with Gasteiger partial charge in [0.25, 0.3) is 10.0 Å². The van der Waals surface area contributed by atoms with E-state index in [0.29, 0.717) is 0 Å². The average molecular weight is 455 g/mol. The van der Waals surface area contributed by atoms with Crippen molar-refractivity contribution in [2.24, 2.45) is 0 Å². The largest absolute Gasteiger partial charge is 0.419 e. The van der Waals surface area contributed by atoms with Crippen molar-refractivity contribution in [2.75, 3.05) is 4.72 Å². The molecule has 3 aromatic rings. The Kier molecular flexibility index (Phi) is 5.30. The molecule has 0 aliphatic carbocycles. The summed E-state index contributed by atoms with van der Waals surface area (Å²) in [5, 5.41) is 0.181. The molecule has 4 nitrogen and oxygen atoms in total. The molecule has 2 N–H and O–H groups in total. The van der Waals surface area contributed by atoms with Crippen LogP contribution in [0.3, 0.4) is 0 Å². The van der Waals surface area contributed by atoms with E-state index in [-0.39, 0.29) is 28.4 Å². The van der Waals surface area contributed by atoms with E-state index < -0.39 is 49.8 Å². The fourth-order valence-corrected chi connectivity index (χ4v) is 3.66. The molecule has 0 aliphatic heterocycles. The van der Waals surface area contributed by atoms with Crippen LogP contribution in [0.2, 0.25) is 5.02 Å². The van der Waals surface area contributed by atoms with Crippen LogP contribution in [-0.4, -0.2) is 13.4 Å². The number of anilines is 1. The molecule has 0 amide bonds. The molecule has 12 heteroatoms. The summed E-state index contributed by atoms with van der Waals surface area (Å²) in [6.45, 7) is 0. The number of rotatable bonds is 4. The van der Waals surface area contributed by atoms with Gasteiger partial charge < -0.3 is 4.98 Å². The second kappa shape index (κ2) is 7.30. The van der Waals surface area contributed by atoms with Crippen molar-refractivity contribution in [3.8, 4) is 11.3 Å². The molecule has 0 atom stereocenters. The Hall–Kier alpha value is -2.66. The summed E-state index contributed by atoms with van der Waals surface area (Å²) in [5.74, 6) is -4.18. The van der Waals surface area contributed by atoms with Crippen LogP contribution in [0.25, 0.3) is 11.3 Å². The molecule has 1 aromatic heterocycles. The summed E-state index contributed by atoms with van der Waals surface area (Å²) in [7, 11) is -4.54. The quantitative estimate of drug-likeness (QED) is 0.506. The zero-order valence-electron chi connectivity index (χ0n) is 13.9. The summed E-state index contributed by atoms with van der Waals surface area (Å²) in [4.78, 5) is 2.01. The minimum absolute atomic E-state index is 0.0180. The van der Waals surface area contributed by atoms with Crippen molar-refractivity contribution in [2.45, 2.75) is 11.1 Å². The average Bonchev–Trinajstić information content (AvgIpc) is 3.09. The molecule has 0 spiro atoms. The predicted octanol–water partition coefficient (Wildman–Crippen LogP) is 5.57. The SMILES string of the molecule is O=S(=O)(Nc1cc(F)c(C(F)(F)F)cc1F)c1c[nH]c(-c2cc(Cl)ccc2F)c1. The molecular formula is C17H9ClF6N2O2S. The number of H-pyrrole nitrogens is 1. The maximum Gasteiger partial charge on any atom is 0.419 e. The molecular weight excluding hydrogens is 446 g/mol. The van der Waals surface area contributed by atoms with Gasteiger partial charge in [-0.2, -0.15) is 13.2 Å². The number of sulfonamides is 1. The van der Waals surface area contributed by atoms with E-state index in [1.54, 1.807) is 4.72 Å². The van der Waals surface area contributed by atoms with E-state index in [2.05, 4.69) is 4.98 Å². The highest BCUT2D eigenvalue weighted by atomic mass is 35.5. The van der Waals surface area contributed by atoms with Crippen molar-refractivity contribution < 1.29 is 34.8 Å². The van der Waals surface area contributed by atoms with Gasteiger partial charge in [0.2, 0.25) is 0 Å². The Labute approximate surface area is 165 Å². The fraction of sp³-hybridized carbons (Fsp3) is 0.0588. The maximum absolute atomic E-state index is 13.9. The van der Waals surface area contributed by atoms with Gasteiger partial charge in [-0.05, 0) is 30.3 Å². The minimum atomic E-state index is -5.15. The van der Waals surface area contributed by atoms with Crippen LogP contribution in [0, 0.1) is 17.5 Å². The molecule has 0 radical (unpaired) electrons. The Morgan fingerprint density at radius 1 is 0.931 bits per heavy atom. The molecule has 0 saturated carbocycles. The highest BCUT2D eigenvalue weighted by molar-refractivity contribution is 7.92. The Balaban J connectivity index is 1.94. The highest BCUT2D eigenvalue weighted by Crippen LogP contribution is 2.34. The lowest BCUT2D eigenvalue weighted by Gasteiger charge is -2.12. The molecule has 29 heavy (non-hydrogen) atoms. The zero-order chi connectivity index (χ0) is 21.6.